The molecular formula is C13H18ClN5O3. The van der Waals surface area contributed by atoms with E-state index >= 15 is 0 Å². The van der Waals surface area contributed by atoms with Crippen LogP contribution in [0.5, 0.6) is 0 Å². The van der Waals surface area contributed by atoms with Gasteiger partial charge in [-0.15, -0.1) is 10.2 Å². The van der Waals surface area contributed by atoms with Crippen LogP contribution < -0.4 is 0 Å². The number of hydrogen-bond donors (Lipinski definition) is 2. The summed E-state index contributed by atoms with van der Waals surface area (Å²) in [6.07, 6.45) is 0.474. The highest BCUT2D eigenvalue weighted by Gasteiger charge is 2.24. The SMILES string of the molecule is Cc1[nH]n2c(C(C)N(C)C(=O)CCCC(=O)O)nnc2c1Cl. The highest BCUT2D eigenvalue weighted by Crippen LogP contribution is 2.24. The molecule has 0 aliphatic rings. The van der Waals surface area contributed by atoms with Crippen LogP contribution in [0.4, 0.5) is 0 Å². The van der Waals surface area contributed by atoms with Gasteiger partial charge in [-0.3, -0.25) is 14.7 Å². The number of carboxylic acid groups (broad SMARTS) is 1. The Morgan fingerprint density at radius 1 is 1.41 bits per heavy atom. The fraction of sp³-hybridized carbons (Fsp3) is 0.538. The van der Waals surface area contributed by atoms with E-state index in [1.165, 1.54) is 4.90 Å². The molecule has 120 valence electrons. The maximum absolute atomic E-state index is 12.1. The van der Waals surface area contributed by atoms with Crippen molar-refractivity contribution in [2.75, 3.05) is 7.05 Å². The average molecular weight is 328 g/mol. The molecule has 2 aromatic rings. The quantitative estimate of drug-likeness (QED) is 0.841. The summed E-state index contributed by atoms with van der Waals surface area (Å²) >= 11 is 6.11. The van der Waals surface area contributed by atoms with Crippen molar-refractivity contribution >= 4 is 29.1 Å². The molecule has 2 heterocycles. The van der Waals surface area contributed by atoms with Gasteiger partial charge in [0.2, 0.25) is 5.91 Å². The lowest BCUT2D eigenvalue weighted by Crippen LogP contribution is -2.30. The minimum absolute atomic E-state index is 0.0193. The van der Waals surface area contributed by atoms with Crippen molar-refractivity contribution in [3.63, 3.8) is 0 Å². The molecule has 0 saturated carbocycles. The second-order valence-corrected chi connectivity index (χ2v) is 5.57. The van der Waals surface area contributed by atoms with Gasteiger partial charge in [-0.25, -0.2) is 4.52 Å². The van der Waals surface area contributed by atoms with Gasteiger partial charge in [0.25, 0.3) is 0 Å². The average Bonchev–Trinajstić information content (AvgIpc) is 2.98. The van der Waals surface area contributed by atoms with E-state index in [9.17, 15) is 9.59 Å². The van der Waals surface area contributed by atoms with Crippen LogP contribution in [0.15, 0.2) is 0 Å². The monoisotopic (exact) mass is 327 g/mol. The zero-order chi connectivity index (χ0) is 16.4. The van der Waals surface area contributed by atoms with Gasteiger partial charge in [-0.05, 0) is 20.3 Å². The molecule has 0 saturated heterocycles. The number of halogens is 1. The minimum Gasteiger partial charge on any atom is -0.481 e. The van der Waals surface area contributed by atoms with Crippen LogP contribution in [0.1, 0.15) is 43.7 Å². The van der Waals surface area contributed by atoms with E-state index in [-0.39, 0.29) is 24.8 Å². The van der Waals surface area contributed by atoms with E-state index in [1.54, 1.807) is 11.6 Å². The zero-order valence-electron chi connectivity index (χ0n) is 12.6. The molecule has 0 aromatic carbocycles. The summed E-state index contributed by atoms with van der Waals surface area (Å²) < 4.78 is 1.66. The number of hydrogen-bond acceptors (Lipinski definition) is 4. The zero-order valence-corrected chi connectivity index (χ0v) is 13.4. The Hall–Kier alpha value is -2.09. The number of aromatic nitrogens is 4. The molecule has 9 heteroatoms. The number of H-pyrrole nitrogens is 1. The molecule has 0 aliphatic heterocycles. The number of aromatic amines is 1. The van der Waals surface area contributed by atoms with Crippen molar-refractivity contribution in [3.05, 3.63) is 16.5 Å². The molecule has 2 rings (SSSR count). The van der Waals surface area contributed by atoms with E-state index in [0.717, 1.165) is 5.69 Å². The molecule has 2 N–H and O–H groups in total. The molecule has 0 aliphatic carbocycles. The van der Waals surface area contributed by atoms with Gasteiger partial charge in [0.05, 0.1) is 11.7 Å². The van der Waals surface area contributed by atoms with E-state index in [0.29, 0.717) is 22.9 Å². The van der Waals surface area contributed by atoms with E-state index in [4.69, 9.17) is 16.7 Å². The predicted octanol–water partition coefficient (Wildman–Crippen LogP) is 1.79. The van der Waals surface area contributed by atoms with Gasteiger partial charge in [0.1, 0.15) is 5.02 Å². The molecular weight excluding hydrogens is 310 g/mol. The molecule has 0 fully saturated rings. The molecule has 8 nitrogen and oxygen atoms in total. The lowest BCUT2D eigenvalue weighted by Gasteiger charge is -2.23. The summed E-state index contributed by atoms with van der Waals surface area (Å²) in [6.45, 7) is 3.65. The van der Waals surface area contributed by atoms with Crippen LogP contribution in [0.2, 0.25) is 5.02 Å². The number of rotatable bonds is 6. The van der Waals surface area contributed by atoms with Crippen LogP contribution in [-0.4, -0.2) is 48.7 Å². The number of aryl methyl sites for hydroxylation is 1. The van der Waals surface area contributed by atoms with Crippen LogP contribution >= 0.6 is 11.6 Å². The minimum atomic E-state index is -0.904. The largest absolute Gasteiger partial charge is 0.481 e. The Morgan fingerprint density at radius 2 is 2.09 bits per heavy atom. The number of aliphatic carboxylic acids is 1. The topological polar surface area (TPSA) is 104 Å². The first kappa shape index (κ1) is 16.3. The number of fused-ring (bicyclic) bond motifs is 1. The van der Waals surface area contributed by atoms with Crippen LogP contribution in [0.25, 0.3) is 5.65 Å². The first-order chi connectivity index (χ1) is 10.3. The number of nitrogens with one attached hydrogen (secondary N) is 1. The lowest BCUT2D eigenvalue weighted by molar-refractivity contribution is -0.137. The summed E-state index contributed by atoms with van der Waals surface area (Å²) in [5.74, 6) is -0.474. The van der Waals surface area contributed by atoms with Crippen LogP contribution in [-0.2, 0) is 9.59 Å². The molecule has 0 spiro atoms. The van der Waals surface area contributed by atoms with Crippen molar-refractivity contribution in [2.24, 2.45) is 0 Å². The number of amides is 1. The third kappa shape index (κ3) is 3.06. The first-order valence-corrected chi connectivity index (χ1v) is 7.27. The summed E-state index contributed by atoms with van der Waals surface area (Å²) in [5, 5.41) is 20.3. The first-order valence-electron chi connectivity index (χ1n) is 6.89. The molecule has 1 amide bonds. The second-order valence-electron chi connectivity index (χ2n) is 5.20. The van der Waals surface area contributed by atoms with Gasteiger partial charge in [-0.2, -0.15) is 0 Å². The maximum atomic E-state index is 12.1. The highest BCUT2D eigenvalue weighted by molar-refractivity contribution is 6.34. The van der Waals surface area contributed by atoms with E-state index < -0.39 is 5.97 Å². The molecule has 0 bridgehead atoms. The predicted molar refractivity (Wildman–Crippen MR) is 79.8 cm³/mol. The smallest absolute Gasteiger partial charge is 0.303 e. The summed E-state index contributed by atoms with van der Waals surface area (Å²) in [4.78, 5) is 24.1. The van der Waals surface area contributed by atoms with Crippen molar-refractivity contribution in [1.29, 1.82) is 0 Å². The highest BCUT2D eigenvalue weighted by atomic mass is 35.5. The van der Waals surface area contributed by atoms with Crippen molar-refractivity contribution in [2.45, 2.75) is 39.2 Å². The van der Waals surface area contributed by atoms with E-state index in [1.807, 2.05) is 13.8 Å². The second kappa shape index (κ2) is 6.35. The molecule has 1 atom stereocenters. The Kier molecular flexibility index (Phi) is 4.70. The van der Waals surface area contributed by atoms with Gasteiger partial charge in [-0.1, -0.05) is 11.6 Å². The Labute approximate surface area is 132 Å². The molecule has 22 heavy (non-hydrogen) atoms. The summed E-state index contributed by atoms with van der Waals surface area (Å²) in [5.41, 5.74) is 1.29. The number of carbonyl (C=O) groups is 2. The fourth-order valence-corrected chi connectivity index (χ4v) is 2.32. The number of nitrogens with zero attached hydrogens (tertiary/aromatic N) is 4. The lowest BCUT2D eigenvalue weighted by atomic mass is 10.2. The van der Waals surface area contributed by atoms with Gasteiger partial charge >= 0.3 is 5.97 Å². The van der Waals surface area contributed by atoms with Gasteiger partial charge in [0.15, 0.2) is 11.5 Å². The normalized spacial score (nSPS) is 12.5. The maximum Gasteiger partial charge on any atom is 0.303 e. The molecule has 0 radical (unpaired) electrons. The molecule has 1 unspecified atom stereocenters. The van der Waals surface area contributed by atoms with Gasteiger partial charge in [0, 0.05) is 19.9 Å². The standard InChI is InChI=1S/C13H18ClN5O3/c1-7-11(14)13-16-15-12(19(13)17-7)8(2)18(3)9(20)5-4-6-10(21)22/h8,17H,4-6H2,1-3H3,(H,21,22). The summed E-state index contributed by atoms with van der Waals surface area (Å²) in [6, 6.07) is -0.318. The fourth-order valence-electron chi connectivity index (χ4n) is 2.16. The van der Waals surface area contributed by atoms with Gasteiger partial charge < -0.3 is 10.0 Å². The Bertz CT molecular complexity index is 708. The van der Waals surface area contributed by atoms with Crippen molar-refractivity contribution < 1.29 is 14.7 Å². The third-order valence-electron chi connectivity index (χ3n) is 3.62. The Balaban J connectivity index is 2.11. The summed E-state index contributed by atoms with van der Waals surface area (Å²) in [7, 11) is 1.66. The van der Waals surface area contributed by atoms with E-state index in [2.05, 4.69) is 15.3 Å². The number of carbonyl (C=O) groups excluding carboxylic acids is 1. The number of carboxylic acids is 1. The van der Waals surface area contributed by atoms with Crippen molar-refractivity contribution in [3.8, 4) is 0 Å². The van der Waals surface area contributed by atoms with Crippen molar-refractivity contribution in [1.82, 2.24) is 24.7 Å². The molecule has 2 aromatic heterocycles. The third-order valence-corrected chi connectivity index (χ3v) is 4.07. The Morgan fingerprint density at radius 3 is 2.73 bits per heavy atom. The van der Waals surface area contributed by atoms with Crippen LogP contribution in [0.3, 0.4) is 0 Å². The van der Waals surface area contributed by atoms with Crippen LogP contribution in [0, 0.1) is 6.92 Å².